The third kappa shape index (κ3) is 5.47. The molecule has 1 aromatic rings. The van der Waals surface area contributed by atoms with Crippen molar-refractivity contribution in [1.29, 1.82) is 0 Å². The van der Waals surface area contributed by atoms with Crippen molar-refractivity contribution in [3.8, 4) is 0 Å². The van der Waals surface area contributed by atoms with E-state index in [2.05, 4.69) is 10.6 Å². The molecule has 0 radical (unpaired) electrons. The Bertz CT molecular complexity index is 422. The molecule has 20 heavy (non-hydrogen) atoms. The molecule has 3 nitrogen and oxygen atoms in total. The van der Waals surface area contributed by atoms with E-state index in [0.29, 0.717) is 25.3 Å². The van der Waals surface area contributed by atoms with Gasteiger partial charge in [-0.2, -0.15) is 0 Å². The van der Waals surface area contributed by atoms with Gasteiger partial charge < -0.3 is 10.6 Å². The highest BCUT2D eigenvalue weighted by Gasteiger charge is 2.17. The minimum Gasteiger partial charge on any atom is -0.356 e. The predicted octanol–water partition coefficient (Wildman–Crippen LogP) is 2.30. The van der Waals surface area contributed by atoms with Crippen molar-refractivity contribution in [3.05, 3.63) is 35.6 Å². The van der Waals surface area contributed by atoms with Gasteiger partial charge in [-0.25, -0.2) is 4.39 Å². The maximum Gasteiger partial charge on any atom is 0.220 e. The summed E-state index contributed by atoms with van der Waals surface area (Å²) in [6.07, 6.45) is 3.13. The molecule has 1 heterocycles. The molecule has 1 aliphatic heterocycles. The molecule has 0 spiro atoms. The number of aryl methyl sites for hydroxylation is 1. The largest absolute Gasteiger partial charge is 0.356 e. The van der Waals surface area contributed by atoms with Crippen LogP contribution in [0.3, 0.4) is 0 Å². The minimum atomic E-state index is -0.161. The second kappa shape index (κ2) is 8.93. The number of amides is 1. The van der Waals surface area contributed by atoms with Crippen LogP contribution < -0.4 is 10.6 Å². The molecule has 0 bridgehead atoms. The maximum atomic E-state index is 13.4. The lowest BCUT2D eigenvalue weighted by Gasteiger charge is -2.09. The lowest BCUT2D eigenvalue weighted by molar-refractivity contribution is -0.121. The van der Waals surface area contributed by atoms with Gasteiger partial charge in [0.1, 0.15) is 5.82 Å². The van der Waals surface area contributed by atoms with Crippen LogP contribution in [-0.2, 0) is 11.2 Å². The Morgan fingerprint density at radius 1 is 1.40 bits per heavy atom. The summed E-state index contributed by atoms with van der Waals surface area (Å²) in [5.41, 5.74) is 0.719. The highest BCUT2D eigenvalue weighted by Crippen LogP contribution is 2.12. The van der Waals surface area contributed by atoms with Gasteiger partial charge in [0.15, 0.2) is 0 Å². The lowest BCUT2D eigenvalue weighted by Crippen LogP contribution is -2.27. The fourth-order valence-corrected chi connectivity index (χ4v) is 2.43. The van der Waals surface area contributed by atoms with Crippen molar-refractivity contribution in [1.82, 2.24) is 10.6 Å². The predicted molar refractivity (Wildman–Crippen MR) is 80.6 cm³/mol. The molecule has 2 rings (SSSR count). The second-order valence-electron chi connectivity index (χ2n) is 5.11. The van der Waals surface area contributed by atoms with E-state index < -0.39 is 0 Å². The van der Waals surface area contributed by atoms with Gasteiger partial charge >= 0.3 is 0 Å². The van der Waals surface area contributed by atoms with Crippen molar-refractivity contribution in [2.45, 2.75) is 25.7 Å². The van der Waals surface area contributed by atoms with Gasteiger partial charge in [0.25, 0.3) is 0 Å². The highest BCUT2D eigenvalue weighted by molar-refractivity contribution is 5.85. The van der Waals surface area contributed by atoms with Crippen LogP contribution in [0.5, 0.6) is 0 Å². The Hall–Kier alpha value is -1.13. The molecule has 1 aliphatic rings. The van der Waals surface area contributed by atoms with E-state index in [1.165, 1.54) is 6.07 Å². The van der Waals surface area contributed by atoms with Crippen LogP contribution in [0, 0.1) is 11.7 Å². The molecule has 0 saturated carbocycles. The van der Waals surface area contributed by atoms with Crippen LogP contribution in [0.15, 0.2) is 24.3 Å². The Balaban J connectivity index is 0.00000200. The van der Waals surface area contributed by atoms with Gasteiger partial charge in [0.2, 0.25) is 5.91 Å². The van der Waals surface area contributed by atoms with Gasteiger partial charge in [-0.05, 0) is 49.9 Å². The van der Waals surface area contributed by atoms with Crippen LogP contribution in [0.2, 0.25) is 0 Å². The molecule has 1 saturated heterocycles. The maximum absolute atomic E-state index is 13.4. The summed E-state index contributed by atoms with van der Waals surface area (Å²) < 4.78 is 13.4. The van der Waals surface area contributed by atoms with Crippen LogP contribution in [0.4, 0.5) is 4.39 Å². The Morgan fingerprint density at radius 3 is 2.90 bits per heavy atom. The van der Waals surface area contributed by atoms with Crippen molar-refractivity contribution in [2.75, 3.05) is 19.6 Å². The molecule has 0 aromatic heterocycles. The third-order valence-corrected chi connectivity index (χ3v) is 3.54. The minimum absolute atomic E-state index is 0. The molecule has 2 N–H and O–H groups in total. The number of carbonyl (C=O) groups is 1. The van der Waals surface area contributed by atoms with E-state index in [1.807, 2.05) is 6.07 Å². The zero-order chi connectivity index (χ0) is 13.5. The van der Waals surface area contributed by atoms with E-state index in [1.54, 1.807) is 12.1 Å². The fraction of sp³-hybridized carbons (Fsp3) is 0.533. The first-order valence-corrected chi connectivity index (χ1v) is 6.96. The number of hydrogen-bond acceptors (Lipinski definition) is 2. The van der Waals surface area contributed by atoms with E-state index >= 15 is 0 Å². The first kappa shape index (κ1) is 16.9. The van der Waals surface area contributed by atoms with Crippen molar-refractivity contribution in [3.63, 3.8) is 0 Å². The van der Waals surface area contributed by atoms with Crippen LogP contribution in [0.25, 0.3) is 0 Å². The average molecular weight is 301 g/mol. The van der Waals surface area contributed by atoms with E-state index in [0.717, 1.165) is 31.5 Å². The summed E-state index contributed by atoms with van der Waals surface area (Å²) in [5, 5.41) is 6.16. The highest BCUT2D eigenvalue weighted by atomic mass is 35.5. The van der Waals surface area contributed by atoms with Crippen molar-refractivity contribution < 1.29 is 9.18 Å². The summed E-state index contributed by atoms with van der Waals surface area (Å²) in [6.45, 7) is 2.58. The number of benzene rings is 1. The number of nitrogens with one attached hydrogen (secondary N) is 2. The van der Waals surface area contributed by atoms with Crippen LogP contribution >= 0.6 is 12.4 Å². The molecule has 1 amide bonds. The molecular weight excluding hydrogens is 279 g/mol. The number of carbonyl (C=O) groups excluding carboxylic acids is 1. The zero-order valence-corrected chi connectivity index (χ0v) is 12.3. The van der Waals surface area contributed by atoms with Gasteiger partial charge in [-0.15, -0.1) is 12.4 Å². The van der Waals surface area contributed by atoms with Gasteiger partial charge in [0.05, 0.1) is 0 Å². The SMILES string of the molecule is Cl.O=C(CC1CCNC1)NCCCc1ccccc1F. The van der Waals surface area contributed by atoms with Gasteiger partial charge in [-0.1, -0.05) is 18.2 Å². The summed E-state index contributed by atoms with van der Waals surface area (Å²) in [4.78, 5) is 11.7. The van der Waals surface area contributed by atoms with Crippen LogP contribution in [-0.4, -0.2) is 25.5 Å². The van der Waals surface area contributed by atoms with E-state index in [-0.39, 0.29) is 24.1 Å². The molecule has 1 fully saturated rings. The van der Waals surface area contributed by atoms with Crippen molar-refractivity contribution >= 4 is 18.3 Å². The summed E-state index contributed by atoms with van der Waals surface area (Å²) in [7, 11) is 0. The van der Waals surface area contributed by atoms with Crippen molar-refractivity contribution in [2.24, 2.45) is 5.92 Å². The summed E-state index contributed by atoms with van der Waals surface area (Å²) in [6, 6.07) is 6.79. The molecular formula is C15H22ClFN2O. The Kier molecular flexibility index (Phi) is 7.55. The topological polar surface area (TPSA) is 41.1 Å². The number of halogens is 2. The monoisotopic (exact) mass is 300 g/mol. The molecule has 1 unspecified atom stereocenters. The quantitative estimate of drug-likeness (QED) is 0.792. The number of hydrogen-bond donors (Lipinski definition) is 2. The smallest absolute Gasteiger partial charge is 0.220 e. The average Bonchev–Trinajstić information content (AvgIpc) is 2.89. The second-order valence-corrected chi connectivity index (χ2v) is 5.11. The zero-order valence-electron chi connectivity index (χ0n) is 11.5. The standard InChI is InChI=1S/C15H21FN2O.ClH/c16-14-6-2-1-4-13(14)5-3-8-18-15(19)10-12-7-9-17-11-12;/h1-2,4,6,12,17H,3,5,7-11H2,(H,18,19);1H. The first-order valence-electron chi connectivity index (χ1n) is 6.96. The summed E-state index contributed by atoms with van der Waals surface area (Å²) >= 11 is 0. The first-order chi connectivity index (χ1) is 9.25. The molecule has 0 aliphatic carbocycles. The van der Waals surface area contributed by atoms with Crippen LogP contribution in [0.1, 0.15) is 24.8 Å². The molecule has 5 heteroatoms. The van der Waals surface area contributed by atoms with Gasteiger partial charge in [0, 0.05) is 13.0 Å². The normalized spacial score (nSPS) is 17.6. The number of rotatable bonds is 6. The van der Waals surface area contributed by atoms with Gasteiger partial charge in [-0.3, -0.25) is 4.79 Å². The molecule has 112 valence electrons. The lowest BCUT2D eigenvalue weighted by atomic mass is 10.0. The van der Waals surface area contributed by atoms with E-state index in [9.17, 15) is 9.18 Å². The molecule has 1 aromatic carbocycles. The third-order valence-electron chi connectivity index (χ3n) is 3.54. The fourth-order valence-electron chi connectivity index (χ4n) is 2.43. The Morgan fingerprint density at radius 2 is 2.20 bits per heavy atom. The van der Waals surface area contributed by atoms with E-state index in [4.69, 9.17) is 0 Å². The Labute approximate surface area is 125 Å². The summed E-state index contributed by atoms with van der Waals surface area (Å²) in [5.74, 6) is 0.430. The molecule has 1 atom stereocenters.